The fourth-order valence-corrected chi connectivity index (χ4v) is 3.95. The molecule has 2 aromatic rings. The molecule has 0 saturated heterocycles. The van der Waals surface area contributed by atoms with E-state index in [9.17, 15) is 8.42 Å². The fourth-order valence-electron chi connectivity index (χ4n) is 1.94. The van der Waals surface area contributed by atoms with Crippen LogP contribution in [0.4, 0.5) is 5.13 Å². The van der Waals surface area contributed by atoms with Crippen LogP contribution >= 0.6 is 11.3 Å². The van der Waals surface area contributed by atoms with Crippen molar-refractivity contribution in [1.82, 2.24) is 14.9 Å². The van der Waals surface area contributed by atoms with Crippen molar-refractivity contribution >= 4 is 26.5 Å². The maximum absolute atomic E-state index is 12.4. The van der Waals surface area contributed by atoms with Gasteiger partial charge in [0.1, 0.15) is 4.90 Å². The maximum Gasteiger partial charge on any atom is 0.265 e. The molecule has 0 spiro atoms. The highest BCUT2D eigenvalue weighted by Crippen LogP contribution is 2.21. The molecule has 0 bridgehead atoms. The summed E-state index contributed by atoms with van der Waals surface area (Å²) in [4.78, 5) is 4.40. The van der Waals surface area contributed by atoms with Gasteiger partial charge in [-0.15, -0.1) is 11.3 Å². The third-order valence-electron chi connectivity index (χ3n) is 3.01. The number of aryl methyl sites for hydroxylation is 2. The lowest BCUT2D eigenvalue weighted by Crippen LogP contribution is -2.14. The number of thiazole rings is 1. The summed E-state index contributed by atoms with van der Waals surface area (Å²) in [6.07, 6.45) is 1.66. The molecule has 21 heavy (non-hydrogen) atoms. The number of anilines is 1. The Bertz CT molecular complexity index is 704. The first-order valence-corrected chi connectivity index (χ1v) is 9.17. The van der Waals surface area contributed by atoms with Crippen molar-refractivity contribution in [2.45, 2.75) is 38.8 Å². The van der Waals surface area contributed by atoms with Crippen LogP contribution in [0, 0.1) is 6.92 Å². The molecule has 0 unspecified atom stereocenters. The average Bonchev–Trinajstić information content (AvgIpc) is 3.02. The summed E-state index contributed by atoms with van der Waals surface area (Å²) in [5.74, 6) is 0. The van der Waals surface area contributed by atoms with Crippen molar-refractivity contribution in [1.29, 1.82) is 0 Å². The zero-order valence-corrected chi connectivity index (χ0v) is 14.0. The molecule has 8 heteroatoms. The van der Waals surface area contributed by atoms with Crippen LogP contribution in [-0.4, -0.2) is 24.5 Å². The van der Waals surface area contributed by atoms with Gasteiger partial charge in [-0.05, 0) is 26.5 Å². The summed E-state index contributed by atoms with van der Waals surface area (Å²) in [7, 11) is -3.59. The third-order valence-corrected chi connectivity index (χ3v) is 5.32. The molecule has 0 fully saturated rings. The normalized spacial score (nSPS) is 11.8. The fraction of sp³-hybridized carbons (Fsp3) is 0.462. The molecule has 0 aliphatic heterocycles. The summed E-state index contributed by atoms with van der Waals surface area (Å²) in [6, 6.07) is 1.70. The van der Waals surface area contributed by atoms with Gasteiger partial charge in [0.05, 0.1) is 5.69 Å². The van der Waals surface area contributed by atoms with Crippen LogP contribution in [0.25, 0.3) is 0 Å². The second-order valence-corrected chi connectivity index (χ2v) is 7.17. The summed E-state index contributed by atoms with van der Waals surface area (Å²) in [5.41, 5.74) is 1.76. The summed E-state index contributed by atoms with van der Waals surface area (Å²) in [5, 5.41) is 5.42. The van der Waals surface area contributed by atoms with E-state index in [1.165, 1.54) is 11.3 Å². The van der Waals surface area contributed by atoms with Crippen LogP contribution in [0.2, 0.25) is 0 Å². The zero-order chi connectivity index (χ0) is 15.5. The van der Waals surface area contributed by atoms with Gasteiger partial charge in [-0.25, -0.2) is 13.4 Å². The van der Waals surface area contributed by atoms with Crippen molar-refractivity contribution in [2.75, 3.05) is 11.3 Å². The van der Waals surface area contributed by atoms with Crippen molar-refractivity contribution in [3.8, 4) is 0 Å². The monoisotopic (exact) mass is 328 g/mol. The van der Waals surface area contributed by atoms with Gasteiger partial charge in [-0.1, -0.05) is 6.92 Å². The van der Waals surface area contributed by atoms with Gasteiger partial charge in [-0.3, -0.25) is 4.72 Å². The van der Waals surface area contributed by atoms with E-state index in [1.54, 1.807) is 12.3 Å². The van der Waals surface area contributed by atoms with E-state index >= 15 is 0 Å². The summed E-state index contributed by atoms with van der Waals surface area (Å²) in [6.45, 7) is 8.06. The lowest BCUT2D eigenvalue weighted by atomic mass is 10.4. The molecule has 0 saturated carbocycles. The van der Waals surface area contributed by atoms with Gasteiger partial charge in [-0.2, -0.15) is 0 Å². The van der Waals surface area contributed by atoms with Crippen LogP contribution in [-0.2, 0) is 23.1 Å². The molecule has 2 N–H and O–H groups in total. The number of nitrogens with zero attached hydrogens (tertiary/aromatic N) is 2. The zero-order valence-electron chi connectivity index (χ0n) is 12.4. The lowest BCUT2D eigenvalue weighted by Gasteiger charge is -2.05. The predicted octanol–water partition coefficient (Wildman–Crippen LogP) is 2.18. The van der Waals surface area contributed by atoms with E-state index in [2.05, 4.69) is 15.0 Å². The van der Waals surface area contributed by atoms with Crippen LogP contribution in [0.3, 0.4) is 0 Å². The van der Waals surface area contributed by atoms with E-state index < -0.39 is 10.0 Å². The van der Waals surface area contributed by atoms with Gasteiger partial charge in [0.25, 0.3) is 10.0 Å². The van der Waals surface area contributed by atoms with Gasteiger partial charge >= 0.3 is 0 Å². The highest BCUT2D eigenvalue weighted by atomic mass is 32.2. The number of hydrogen-bond donors (Lipinski definition) is 2. The smallest absolute Gasteiger partial charge is 0.265 e. The Hall–Kier alpha value is -1.38. The Morgan fingerprint density at radius 2 is 2.14 bits per heavy atom. The minimum absolute atomic E-state index is 0.269. The first-order chi connectivity index (χ1) is 9.96. The van der Waals surface area contributed by atoms with E-state index in [0.29, 0.717) is 11.7 Å². The molecule has 116 valence electrons. The molecule has 2 aromatic heterocycles. The van der Waals surface area contributed by atoms with E-state index in [0.717, 1.165) is 24.5 Å². The highest BCUT2D eigenvalue weighted by molar-refractivity contribution is 7.93. The third kappa shape index (κ3) is 3.84. The molecule has 0 amide bonds. The van der Waals surface area contributed by atoms with Crippen LogP contribution in [0.1, 0.15) is 25.2 Å². The van der Waals surface area contributed by atoms with Gasteiger partial charge in [0.15, 0.2) is 5.13 Å². The number of sulfonamides is 1. The first-order valence-electron chi connectivity index (χ1n) is 6.81. The van der Waals surface area contributed by atoms with Crippen molar-refractivity contribution in [3.05, 3.63) is 29.0 Å². The molecule has 2 heterocycles. The van der Waals surface area contributed by atoms with Crippen molar-refractivity contribution in [2.24, 2.45) is 0 Å². The minimum atomic E-state index is -3.59. The Labute approximate surface area is 129 Å². The van der Waals surface area contributed by atoms with E-state index in [-0.39, 0.29) is 4.90 Å². The van der Waals surface area contributed by atoms with Gasteiger partial charge in [0.2, 0.25) is 0 Å². The lowest BCUT2D eigenvalue weighted by molar-refractivity contribution is 0.600. The molecule has 2 rings (SSSR count). The number of hydrogen-bond acceptors (Lipinski definition) is 5. The first kappa shape index (κ1) is 16.0. The average molecular weight is 328 g/mol. The number of rotatable bonds is 7. The van der Waals surface area contributed by atoms with Crippen LogP contribution in [0.15, 0.2) is 22.5 Å². The molecular formula is C13H20N4O2S2. The standard InChI is InChI=1S/C13H20N4O2S2/c1-4-14-7-11-6-12(8-17(11)5-2)21(18,19)16-13-15-10(3)9-20-13/h6,8-9,14H,4-5,7H2,1-3H3,(H,15,16). The minimum Gasteiger partial charge on any atom is -0.349 e. The molecular weight excluding hydrogens is 308 g/mol. The number of aromatic nitrogens is 2. The Morgan fingerprint density at radius 3 is 2.71 bits per heavy atom. The second kappa shape index (κ2) is 6.59. The SMILES string of the molecule is CCNCc1cc(S(=O)(=O)Nc2nc(C)cs2)cn1CC. The van der Waals surface area contributed by atoms with E-state index in [4.69, 9.17) is 0 Å². The highest BCUT2D eigenvalue weighted by Gasteiger charge is 2.19. The summed E-state index contributed by atoms with van der Waals surface area (Å²) >= 11 is 1.28. The molecule has 0 aliphatic carbocycles. The maximum atomic E-state index is 12.4. The predicted molar refractivity (Wildman–Crippen MR) is 85.1 cm³/mol. The van der Waals surface area contributed by atoms with Crippen molar-refractivity contribution in [3.63, 3.8) is 0 Å². The molecule has 0 aromatic carbocycles. The topological polar surface area (TPSA) is 76.0 Å². The van der Waals surface area contributed by atoms with E-state index in [1.807, 2.05) is 30.7 Å². The Balaban J connectivity index is 2.25. The van der Waals surface area contributed by atoms with Gasteiger partial charge in [0, 0.05) is 30.4 Å². The molecule has 6 nitrogen and oxygen atoms in total. The molecule has 0 radical (unpaired) electrons. The molecule has 0 atom stereocenters. The van der Waals surface area contributed by atoms with Crippen LogP contribution < -0.4 is 10.0 Å². The Kier molecular flexibility index (Phi) is 5.02. The summed E-state index contributed by atoms with van der Waals surface area (Å²) < 4.78 is 29.2. The van der Waals surface area contributed by atoms with Crippen molar-refractivity contribution < 1.29 is 8.42 Å². The largest absolute Gasteiger partial charge is 0.349 e. The Morgan fingerprint density at radius 1 is 1.38 bits per heavy atom. The number of nitrogens with one attached hydrogen (secondary N) is 2. The quantitative estimate of drug-likeness (QED) is 0.817. The second-order valence-electron chi connectivity index (χ2n) is 4.63. The molecule has 0 aliphatic rings. The van der Waals surface area contributed by atoms with Gasteiger partial charge < -0.3 is 9.88 Å². The van der Waals surface area contributed by atoms with Crippen LogP contribution in [0.5, 0.6) is 0 Å².